The van der Waals surface area contributed by atoms with E-state index < -0.39 is 0 Å². The quantitative estimate of drug-likeness (QED) is 0.850. The number of methoxy groups -OCH3 is 1. The zero-order valence-electron chi connectivity index (χ0n) is 12.5. The molecule has 1 aromatic carbocycles. The van der Waals surface area contributed by atoms with E-state index >= 15 is 0 Å². The summed E-state index contributed by atoms with van der Waals surface area (Å²) in [4.78, 5) is 4.23. The molecule has 0 spiro atoms. The van der Waals surface area contributed by atoms with Crippen LogP contribution in [0, 0.1) is 0 Å². The lowest BCUT2D eigenvalue weighted by Crippen LogP contribution is -2.09. The van der Waals surface area contributed by atoms with Crippen LogP contribution in [0.15, 0.2) is 30.7 Å². The van der Waals surface area contributed by atoms with Gasteiger partial charge < -0.3 is 19.4 Å². The Bertz CT molecular complexity index is 605. The number of nitrogens with one attached hydrogen (secondary N) is 1. The number of rotatable bonds is 7. The molecule has 3 rings (SSSR count). The molecule has 1 aromatic heterocycles. The second-order valence-electron chi connectivity index (χ2n) is 5.32. The molecule has 1 aliphatic carbocycles. The van der Waals surface area contributed by atoms with Crippen LogP contribution in [-0.4, -0.2) is 23.7 Å². The molecular formula is C16H21N3O2. The normalized spacial score (nSPS) is 14.2. The van der Waals surface area contributed by atoms with E-state index in [2.05, 4.69) is 14.9 Å². The minimum absolute atomic E-state index is 0.528. The maximum Gasteiger partial charge on any atom is 0.130 e. The molecule has 0 aliphatic heterocycles. The Morgan fingerprint density at radius 3 is 2.95 bits per heavy atom. The van der Waals surface area contributed by atoms with E-state index in [9.17, 15) is 0 Å². The van der Waals surface area contributed by atoms with Crippen LogP contribution in [0.25, 0.3) is 0 Å². The number of nitrogens with zero attached hydrogens (tertiary/aromatic N) is 2. The van der Waals surface area contributed by atoms with E-state index in [4.69, 9.17) is 9.47 Å². The third kappa shape index (κ3) is 3.19. The summed E-state index contributed by atoms with van der Waals surface area (Å²) in [6, 6.07) is 6.54. The van der Waals surface area contributed by atoms with E-state index in [-0.39, 0.29) is 0 Å². The van der Waals surface area contributed by atoms with E-state index in [0.717, 1.165) is 29.3 Å². The molecule has 0 saturated heterocycles. The van der Waals surface area contributed by atoms with Crippen molar-refractivity contribution in [2.45, 2.75) is 32.0 Å². The van der Waals surface area contributed by atoms with Gasteiger partial charge in [0.15, 0.2) is 0 Å². The maximum atomic E-state index is 6.01. The SMILES string of the molecule is CNCc1ccc(OC)cc1OCc1cncn1C1CC1. The molecule has 5 heteroatoms. The van der Waals surface area contributed by atoms with Gasteiger partial charge in [-0.15, -0.1) is 0 Å². The highest BCUT2D eigenvalue weighted by molar-refractivity contribution is 5.40. The summed E-state index contributed by atoms with van der Waals surface area (Å²) in [6.07, 6.45) is 6.27. The second-order valence-corrected chi connectivity index (χ2v) is 5.32. The smallest absolute Gasteiger partial charge is 0.130 e. The first kappa shape index (κ1) is 13.9. The van der Waals surface area contributed by atoms with Gasteiger partial charge in [0.1, 0.15) is 18.1 Å². The average Bonchev–Trinajstić information content (AvgIpc) is 3.25. The van der Waals surface area contributed by atoms with Crippen molar-refractivity contribution in [3.63, 3.8) is 0 Å². The first-order valence-corrected chi connectivity index (χ1v) is 7.27. The number of aromatic nitrogens is 2. The second kappa shape index (κ2) is 6.18. The van der Waals surface area contributed by atoms with Crippen LogP contribution in [0.5, 0.6) is 11.5 Å². The summed E-state index contributed by atoms with van der Waals surface area (Å²) in [7, 11) is 3.59. The van der Waals surface area contributed by atoms with Crippen LogP contribution >= 0.6 is 0 Å². The number of ether oxygens (including phenoxy) is 2. The Kier molecular flexibility index (Phi) is 4.10. The number of hydrogen-bond donors (Lipinski definition) is 1. The highest BCUT2D eigenvalue weighted by Gasteiger charge is 2.25. The van der Waals surface area contributed by atoms with Gasteiger partial charge in [0.25, 0.3) is 0 Å². The van der Waals surface area contributed by atoms with E-state index in [1.54, 1.807) is 7.11 Å². The van der Waals surface area contributed by atoms with Crippen LogP contribution in [-0.2, 0) is 13.2 Å². The van der Waals surface area contributed by atoms with Crippen LogP contribution in [0.2, 0.25) is 0 Å². The number of imidazole rings is 1. The molecule has 1 fully saturated rings. The van der Waals surface area contributed by atoms with Gasteiger partial charge in [-0.05, 0) is 26.0 Å². The van der Waals surface area contributed by atoms with E-state index in [0.29, 0.717) is 12.6 Å². The fourth-order valence-electron chi connectivity index (χ4n) is 2.41. The molecule has 21 heavy (non-hydrogen) atoms. The highest BCUT2D eigenvalue weighted by Crippen LogP contribution is 2.36. The van der Waals surface area contributed by atoms with Crippen LogP contribution in [0.3, 0.4) is 0 Å². The summed E-state index contributed by atoms with van der Waals surface area (Å²) < 4.78 is 13.5. The third-order valence-corrected chi connectivity index (χ3v) is 3.70. The molecule has 0 atom stereocenters. The highest BCUT2D eigenvalue weighted by atomic mass is 16.5. The van der Waals surface area contributed by atoms with Crippen LogP contribution < -0.4 is 14.8 Å². The zero-order chi connectivity index (χ0) is 14.7. The number of benzene rings is 1. The molecule has 2 aromatic rings. The summed E-state index contributed by atoms with van der Waals surface area (Å²) in [5.41, 5.74) is 2.24. The molecule has 0 radical (unpaired) electrons. The van der Waals surface area contributed by atoms with Crippen LogP contribution in [0.1, 0.15) is 30.1 Å². The first-order chi connectivity index (χ1) is 10.3. The molecule has 1 aliphatic rings. The molecule has 1 N–H and O–H groups in total. The van der Waals surface area contributed by atoms with Crippen molar-refractivity contribution in [2.24, 2.45) is 0 Å². The Balaban J connectivity index is 1.75. The fraction of sp³-hybridized carbons (Fsp3) is 0.438. The molecule has 1 heterocycles. The van der Waals surface area contributed by atoms with Gasteiger partial charge in [-0.1, -0.05) is 6.07 Å². The molecule has 112 valence electrons. The van der Waals surface area contributed by atoms with E-state index in [1.165, 1.54) is 12.8 Å². The summed E-state index contributed by atoms with van der Waals surface area (Å²) in [5, 5.41) is 3.16. The Labute approximate surface area is 124 Å². The molecule has 1 saturated carbocycles. The molecule has 0 unspecified atom stereocenters. The average molecular weight is 287 g/mol. The molecule has 0 amide bonds. The molecule has 5 nitrogen and oxygen atoms in total. The van der Waals surface area contributed by atoms with Crippen molar-refractivity contribution in [2.75, 3.05) is 14.2 Å². The van der Waals surface area contributed by atoms with Gasteiger partial charge in [0, 0.05) is 24.2 Å². The predicted molar refractivity (Wildman–Crippen MR) is 80.6 cm³/mol. The Hall–Kier alpha value is -2.01. The summed E-state index contributed by atoms with van der Waals surface area (Å²) in [6.45, 7) is 1.29. The van der Waals surface area contributed by atoms with Gasteiger partial charge in [0.2, 0.25) is 0 Å². The van der Waals surface area contributed by atoms with Crippen molar-refractivity contribution in [1.29, 1.82) is 0 Å². The van der Waals surface area contributed by atoms with Crippen molar-refractivity contribution in [1.82, 2.24) is 14.9 Å². The lowest BCUT2D eigenvalue weighted by Gasteiger charge is -2.14. The lowest BCUT2D eigenvalue weighted by atomic mass is 10.2. The van der Waals surface area contributed by atoms with Gasteiger partial charge in [0.05, 0.1) is 25.3 Å². The minimum Gasteiger partial charge on any atom is -0.497 e. The topological polar surface area (TPSA) is 48.3 Å². The van der Waals surface area contributed by atoms with Gasteiger partial charge in [-0.25, -0.2) is 4.98 Å². The molecule has 0 bridgehead atoms. The van der Waals surface area contributed by atoms with Crippen molar-refractivity contribution in [3.05, 3.63) is 42.0 Å². The Morgan fingerprint density at radius 1 is 1.38 bits per heavy atom. The van der Waals surface area contributed by atoms with Crippen molar-refractivity contribution >= 4 is 0 Å². The summed E-state index contributed by atoms with van der Waals surface area (Å²) in [5.74, 6) is 1.66. The molecular weight excluding hydrogens is 266 g/mol. The van der Waals surface area contributed by atoms with Gasteiger partial charge in [-0.3, -0.25) is 0 Å². The van der Waals surface area contributed by atoms with Crippen molar-refractivity contribution in [3.8, 4) is 11.5 Å². The minimum atomic E-state index is 0.528. The van der Waals surface area contributed by atoms with Crippen molar-refractivity contribution < 1.29 is 9.47 Å². The third-order valence-electron chi connectivity index (χ3n) is 3.70. The van der Waals surface area contributed by atoms with Gasteiger partial charge >= 0.3 is 0 Å². The maximum absolute atomic E-state index is 6.01. The van der Waals surface area contributed by atoms with Crippen LogP contribution in [0.4, 0.5) is 0 Å². The zero-order valence-corrected chi connectivity index (χ0v) is 12.5. The summed E-state index contributed by atoms with van der Waals surface area (Å²) >= 11 is 0. The standard InChI is InChI=1S/C16H21N3O2/c1-17-8-12-3-6-15(20-2)7-16(12)21-10-14-9-18-11-19(14)13-4-5-13/h3,6-7,9,11,13,17H,4-5,8,10H2,1-2H3. The first-order valence-electron chi connectivity index (χ1n) is 7.27. The predicted octanol–water partition coefficient (Wildman–Crippen LogP) is 2.53. The van der Waals surface area contributed by atoms with Gasteiger partial charge in [-0.2, -0.15) is 0 Å². The number of hydrogen-bond acceptors (Lipinski definition) is 4. The monoisotopic (exact) mass is 287 g/mol. The lowest BCUT2D eigenvalue weighted by molar-refractivity contribution is 0.289. The Morgan fingerprint density at radius 2 is 2.24 bits per heavy atom. The fourth-order valence-corrected chi connectivity index (χ4v) is 2.41. The largest absolute Gasteiger partial charge is 0.497 e. The van der Waals surface area contributed by atoms with E-state index in [1.807, 2.05) is 37.8 Å².